The van der Waals surface area contributed by atoms with Crippen LogP contribution < -0.4 is 0 Å². The molecule has 0 aromatic carbocycles. The number of carbonyl (C=O) groups is 4. The number of ether oxygens (including phenoxy) is 4. The number of rotatable bonds is 70. The minimum absolute atomic E-state index is 0.103. The molecule has 0 aromatic rings. The number of esters is 4. The Morgan fingerprint density at radius 1 is 0.322 bits per heavy atom. The zero-order chi connectivity index (χ0) is 66.5. The van der Waals surface area contributed by atoms with Gasteiger partial charge in [-0.2, -0.15) is 0 Å². The maximum Gasteiger partial charge on any atom is 0.472 e. The zero-order valence-corrected chi connectivity index (χ0v) is 60.2. The molecule has 0 heterocycles. The van der Waals surface area contributed by atoms with E-state index < -0.39 is 97.5 Å². The van der Waals surface area contributed by atoms with E-state index >= 15 is 0 Å². The second-order valence-corrected chi connectivity index (χ2v) is 29.3. The number of hydrogen-bond acceptors (Lipinski definition) is 15. The van der Waals surface area contributed by atoms with Crippen molar-refractivity contribution in [3.8, 4) is 0 Å². The molecule has 90 heavy (non-hydrogen) atoms. The molecule has 19 heteroatoms. The average molecular weight is 1330 g/mol. The summed E-state index contributed by atoms with van der Waals surface area (Å²) < 4.78 is 68.2. The van der Waals surface area contributed by atoms with Crippen molar-refractivity contribution >= 4 is 39.5 Å². The maximum absolute atomic E-state index is 13.0. The van der Waals surface area contributed by atoms with Gasteiger partial charge in [-0.3, -0.25) is 37.3 Å². The Hall–Kier alpha value is -1.94. The number of aliphatic hydroxyl groups is 1. The van der Waals surface area contributed by atoms with Gasteiger partial charge in [-0.15, -0.1) is 0 Å². The second kappa shape index (κ2) is 63.1. The van der Waals surface area contributed by atoms with Crippen LogP contribution in [0.4, 0.5) is 0 Å². The van der Waals surface area contributed by atoms with Crippen molar-refractivity contribution in [1.29, 1.82) is 0 Å². The molecule has 0 aliphatic heterocycles. The molecular weight excluding hydrogens is 1190 g/mol. The van der Waals surface area contributed by atoms with Gasteiger partial charge in [-0.1, -0.05) is 311 Å². The lowest BCUT2D eigenvalue weighted by Gasteiger charge is -2.21. The smallest absolute Gasteiger partial charge is 0.462 e. The third-order valence-corrected chi connectivity index (χ3v) is 18.7. The number of carbonyl (C=O) groups excluding carboxylic acids is 4. The van der Waals surface area contributed by atoms with Gasteiger partial charge in [-0.05, 0) is 37.5 Å². The van der Waals surface area contributed by atoms with Crippen LogP contribution in [0.15, 0.2) is 0 Å². The monoisotopic (exact) mass is 1320 g/mol. The van der Waals surface area contributed by atoms with Crippen LogP contribution in [-0.2, 0) is 65.4 Å². The lowest BCUT2D eigenvalue weighted by atomic mass is 10.00. The fourth-order valence-corrected chi connectivity index (χ4v) is 12.3. The highest BCUT2D eigenvalue weighted by Crippen LogP contribution is 2.45. The molecule has 0 spiro atoms. The molecule has 0 saturated carbocycles. The van der Waals surface area contributed by atoms with E-state index in [-0.39, 0.29) is 25.7 Å². The van der Waals surface area contributed by atoms with Crippen LogP contribution in [-0.4, -0.2) is 96.7 Å². The number of aliphatic hydroxyl groups excluding tert-OH is 1. The van der Waals surface area contributed by atoms with Crippen LogP contribution in [0.2, 0.25) is 0 Å². The largest absolute Gasteiger partial charge is 0.472 e. The van der Waals surface area contributed by atoms with E-state index in [0.29, 0.717) is 25.7 Å². The summed E-state index contributed by atoms with van der Waals surface area (Å²) in [5.74, 6) is -0.668. The van der Waals surface area contributed by atoms with Crippen molar-refractivity contribution < 1.29 is 80.2 Å². The highest BCUT2D eigenvalue weighted by atomic mass is 31.2. The molecule has 0 bridgehead atoms. The Morgan fingerprint density at radius 3 is 0.844 bits per heavy atom. The van der Waals surface area contributed by atoms with Crippen molar-refractivity contribution in [2.75, 3.05) is 39.6 Å². The summed E-state index contributed by atoms with van der Waals surface area (Å²) in [6.07, 6.45) is 49.0. The van der Waals surface area contributed by atoms with Crippen LogP contribution >= 0.6 is 15.6 Å². The summed E-state index contributed by atoms with van der Waals surface area (Å²) in [6, 6.07) is 0. The van der Waals surface area contributed by atoms with Crippen molar-refractivity contribution in [2.45, 2.75) is 381 Å². The first kappa shape index (κ1) is 88.1. The fraction of sp³-hybridized carbons (Fsp3) is 0.944. The van der Waals surface area contributed by atoms with Gasteiger partial charge in [0.25, 0.3) is 0 Å². The first-order chi connectivity index (χ1) is 43.4. The highest BCUT2D eigenvalue weighted by Gasteiger charge is 2.30. The summed E-state index contributed by atoms with van der Waals surface area (Å²) in [6.45, 7) is 9.44. The summed E-state index contributed by atoms with van der Waals surface area (Å²) in [5.41, 5.74) is 0. The number of hydrogen-bond donors (Lipinski definition) is 3. The van der Waals surface area contributed by atoms with Crippen molar-refractivity contribution in [2.24, 2.45) is 11.8 Å². The van der Waals surface area contributed by atoms with Gasteiger partial charge in [0.1, 0.15) is 19.3 Å². The number of unbranched alkanes of at least 4 members (excludes halogenated alkanes) is 39. The Balaban J connectivity index is 5.14. The molecule has 534 valence electrons. The minimum atomic E-state index is -4.95. The molecule has 6 atom stereocenters. The Bertz CT molecular complexity index is 1750. The second-order valence-electron chi connectivity index (χ2n) is 26.3. The SMILES string of the molecule is CCCCCCCCCCCCCCCCCCCCCCCC(=O)O[C@H](COC(=O)CCCCCCCCCCCC(C)C)COP(=O)(O)OC[C@@H](O)COP(=O)(O)OC[C@@H](COC(=O)CCCCCCCCC)OC(=O)CCCCCCCCC(C)CC. The molecule has 0 aliphatic rings. The van der Waals surface area contributed by atoms with Gasteiger partial charge in [0.2, 0.25) is 0 Å². The lowest BCUT2D eigenvalue weighted by Crippen LogP contribution is -2.30. The predicted octanol–water partition coefficient (Wildman–Crippen LogP) is 20.4. The van der Waals surface area contributed by atoms with E-state index in [9.17, 15) is 43.2 Å². The van der Waals surface area contributed by atoms with E-state index in [1.165, 1.54) is 167 Å². The van der Waals surface area contributed by atoms with Gasteiger partial charge >= 0.3 is 39.5 Å². The van der Waals surface area contributed by atoms with Crippen LogP contribution in [0.25, 0.3) is 0 Å². The molecule has 0 saturated heterocycles. The molecule has 0 radical (unpaired) electrons. The number of phosphoric ester groups is 2. The topological polar surface area (TPSA) is 237 Å². The quantitative estimate of drug-likeness (QED) is 0.0222. The zero-order valence-electron chi connectivity index (χ0n) is 58.4. The first-order valence-corrected chi connectivity index (χ1v) is 40.0. The fourth-order valence-electron chi connectivity index (χ4n) is 10.7. The van der Waals surface area contributed by atoms with E-state index in [2.05, 4.69) is 41.5 Å². The summed E-state index contributed by atoms with van der Waals surface area (Å²) in [7, 11) is -9.89. The highest BCUT2D eigenvalue weighted by molar-refractivity contribution is 7.47. The van der Waals surface area contributed by atoms with Gasteiger partial charge in [0.05, 0.1) is 26.4 Å². The molecule has 0 aromatic heterocycles. The van der Waals surface area contributed by atoms with Crippen molar-refractivity contribution in [3.05, 3.63) is 0 Å². The molecule has 0 fully saturated rings. The predicted molar refractivity (Wildman–Crippen MR) is 363 cm³/mol. The summed E-state index contributed by atoms with van der Waals surface area (Å²) >= 11 is 0. The Kier molecular flexibility index (Phi) is 61.8. The number of phosphoric acid groups is 2. The molecule has 17 nitrogen and oxygen atoms in total. The van der Waals surface area contributed by atoms with Gasteiger partial charge in [-0.25, -0.2) is 9.13 Å². The molecule has 3 N–H and O–H groups in total. The van der Waals surface area contributed by atoms with Gasteiger partial charge < -0.3 is 33.8 Å². The third-order valence-electron chi connectivity index (χ3n) is 16.8. The summed E-state index contributed by atoms with van der Waals surface area (Å²) in [4.78, 5) is 72.4. The van der Waals surface area contributed by atoms with E-state index in [4.69, 9.17) is 37.0 Å². The van der Waals surface area contributed by atoms with Gasteiger partial charge in [0, 0.05) is 25.7 Å². The third kappa shape index (κ3) is 63.5. The standard InChI is InChI=1S/C71H138O17P2/c1-7-10-12-14-16-17-18-19-20-21-22-23-24-25-26-27-28-31-36-43-49-55-70(75)87-66(60-82-69(74)54-48-42-35-32-29-30-34-39-45-51-63(4)5)61-85-89(77,78)83-57-65(72)58-84-90(79,80)86-62-67(59-81-68(73)53-47-41-33-15-13-11-8-2)88-71(76)56-50-44-38-37-40-46-52-64(6)9-3/h63-67,72H,7-62H2,1-6H3,(H,77,78)(H,79,80)/t64?,65-,66-,67-/m1/s1. The van der Waals surface area contributed by atoms with E-state index in [1.807, 2.05) is 0 Å². The van der Waals surface area contributed by atoms with Crippen LogP contribution in [0.5, 0.6) is 0 Å². The first-order valence-electron chi connectivity index (χ1n) is 37.0. The molecular formula is C71H138O17P2. The van der Waals surface area contributed by atoms with E-state index in [0.717, 1.165) is 115 Å². The molecule has 0 rings (SSSR count). The Morgan fingerprint density at radius 2 is 0.567 bits per heavy atom. The van der Waals surface area contributed by atoms with E-state index in [1.54, 1.807) is 0 Å². The maximum atomic E-state index is 13.0. The van der Waals surface area contributed by atoms with Crippen LogP contribution in [0.1, 0.15) is 363 Å². The Labute approximate surface area is 549 Å². The van der Waals surface area contributed by atoms with Crippen LogP contribution in [0.3, 0.4) is 0 Å². The normalized spacial score (nSPS) is 14.4. The van der Waals surface area contributed by atoms with Crippen molar-refractivity contribution in [3.63, 3.8) is 0 Å². The van der Waals surface area contributed by atoms with Crippen molar-refractivity contribution in [1.82, 2.24) is 0 Å². The summed E-state index contributed by atoms with van der Waals surface area (Å²) in [5, 5.41) is 10.6. The van der Waals surface area contributed by atoms with Crippen LogP contribution in [0, 0.1) is 11.8 Å². The average Bonchev–Trinajstić information content (AvgIpc) is 3.70. The molecule has 3 unspecified atom stereocenters. The molecule has 0 amide bonds. The molecule has 0 aliphatic carbocycles. The van der Waals surface area contributed by atoms with Gasteiger partial charge in [0.15, 0.2) is 12.2 Å². The minimum Gasteiger partial charge on any atom is -0.462 e. The lowest BCUT2D eigenvalue weighted by molar-refractivity contribution is -0.161.